The number of hydrogen-bond acceptors (Lipinski definition) is 2. The molecule has 1 N–H and O–H groups in total. The van der Waals surface area contributed by atoms with E-state index >= 15 is 0 Å². The Morgan fingerprint density at radius 1 is 1.50 bits per heavy atom. The average Bonchev–Trinajstić information content (AvgIpc) is 1.92. The molecule has 0 bridgehead atoms. The monoisotopic (exact) mass is 290 g/mol. The fourth-order valence-electron chi connectivity index (χ4n) is 0.592. The number of rotatable bonds is 0. The van der Waals surface area contributed by atoms with Gasteiger partial charge in [-0.2, -0.15) is 18.3 Å². The predicted molar refractivity (Wildman–Crippen MR) is 42.6 cm³/mol. The highest BCUT2D eigenvalue weighted by Crippen LogP contribution is 2.26. The third kappa shape index (κ3) is 1.96. The number of aromatic amines is 1. The molecule has 0 amide bonds. The first kappa shape index (κ1) is 9.49. The molecule has 3 nitrogen and oxygen atoms in total. The molecule has 0 saturated heterocycles. The summed E-state index contributed by atoms with van der Waals surface area (Å²) in [5, 5.41) is 5.04. The number of alkyl halides is 3. The van der Waals surface area contributed by atoms with Crippen LogP contribution in [0.15, 0.2) is 10.9 Å². The zero-order chi connectivity index (χ0) is 9.35. The maximum Gasteiger partial charge on any atom is 0.421 e. The van der Waals surface area contributed by atoms with E-state index in [1.165, 1.54) is 0 Å². The lowest BCUT2D eigenvalue weighted by atomic mass is 10.3. The highest BCUT2D eigenvalue weighted by Gasteiger charge is 2.34. The number of aromatic nitrogens is 2. The first-order chi connectivity index (χ1) is 5.41. The Balaban J connectivity index is 3.33. The molecule has 0 spiro atoms. The summed E-state index contributed by atoms with van der Waals surface area (Å²) < 4.78 is 36.0. The van der Waals surface area contributed by atoms with Crippen LogP contribution in [0.4, 0.5) is 13.2 Å². The lowest BCUT2D eigenvalue weighted by Gasteiger charge is -2.03. The van der Waals surface area contributed by atoms with Crippen molar-refractivity contribution < 1.29 is 13.2 Å². The summed E-state index contributed by atoms with van der Waals surface area (Å²) in [6, 6.07) is 0.694. The van der Waals surface area contributed by atoms with E-state index in [1.54, 1.807) is 27.7 Å². The molecule has 1 aromatic rings. The summed E-state index contributed by atoms with van der Waals surface area (Å²) in [5.74, 6) is 0. The molecule has 0 fully saturated rings. The highest BCUT2D eigenvalue weighted by atomic mass is 127. The standard InChI is InChI=1S/C5H2F3IN2O/c6-5(7,8)2-1-3(9)10-11-4(2)12/h1H,(H,11,12). The molecule has 1 rings (SSSR count). The molecule has 0 atom stereocenters. The summed E-state index contributed by atoms with van der Waals surface area (Å²) in [5.41, 5.74) is -2.44. The van der Waals surface area contributed by atoms with Crippen molar-refractivity contribution in [1.29, 1.82) is 0 Å². The van der Waals surface area contributed by atoms with Crippen molar-refractivity contribution in [1.82, 2.24) is 10.2 Å². The van der Waals surface area contributed by atoms with Crippen LogP contribution in [-0.4, -0.2) is 10.2 Å². The molecule has 1 heterocycles. The van der Waals surface area contributed by atoms with Gasteiger partial charge in [0.15, 0.2) is 0 Å². The average molecular weight is 290 g/mol. The Bertz CT molecular complexity index is 345. The fourth-order valence-corrected chi connectivity index (χ4v) is 1.02. The normalized spacial score (nSPS) is 11.7. The number of nitrogens with one attached hydrogen (secondary N) is 1. The predicted octanol–water partition coefficient (Wildman–Crippen LogP) is 1.39. The molecule has 0 unspecified atom stereocenters. The van der Waals surface area contributed by atoms with E-state index in [2.05, 4.69) is 5.10 Å². The Morgan fingerprint density at radius 2 is 2.08 bits per heavy atom. The molecular weight excluding hydrogens is 288 g/mol. The van der Waals surface area contributed by atoms with Gasteiger partial charge in [-0.25, -0.2) is 5.10 Å². The first-order valence-corrected chi connectivity index (χ1v) is 3.81. The topological polar surface area (TPSA) is 45.8 Å². The van der Waals surface area contributed by atoms with Crippen molar-refractivity contribution in [3.05, 3.63) is 25.7 Å². The Kier molecular flexibility index (Phi) is 2.40. The van der Waals surface area contributed by atoms with Gasteiger partial charge >= 0.3 is 6.18 Å². The van der Waals surface area contributed by atoms with Gasteiger partial charge in [-0.1, -0.05) is 0 Å². The molecule has 0 aliphatic carbocycles. The molecule has 7 heteroatoms. The molecular formula is C5H2F3IN2O. The van der Waals surface area contributed by atoms with Crippen LogP contribution in [0.3, 0.4) is 0 Å². The van der Waals surface area contributed by atoms with Crippen molar-refractivity contribution in [2.75, 3.05) is 0 Å². The van der Waals surface area contributed by atoms with E-state index < -0.39 is 17.3 Å². The number of H-pyrrole nitrogens is 1. The maximum absolute atomic E-state index is 12.0. The molecule has 1 aromatic heterocycles. The van der Waals surface area contributed by atoms with Crippen LogP contribution in [0.1, 0.15) is 5.56 Å². The molecule has 0 aliphatic rings. The van der Waals surface area contributed by atoms with Gasteiger partial charge in [-0.3, -0.25) is 4.79 Å². The van der Waals surface area contributed by atoms with Crippen molar-refractivity contribution in [2.45, 2.75) is 6.18 Å². The quantitative estimate of drug-likeness (QED) is 0.734. The lowest BCUT2D eigenvalue weighted by Crippen LogP contribution is -2.22. The summed E-state index contributed by atoms with van der Waals surface area (Å²) in [6.07, 6.45) is -4.61. The first-order valence-electron chi connectivity index (χ1n) is 2.73. The van der Waals surface area contributed by atoms with Crippen LogP contribution < -0.4 is 5.56 Å². The fraction of sp³-hybridized carbons (Fsp3) is 0.200. The number of hydrogen-bond donors (Lipinski definition) is 1. The molecule has 0 aromatic carbocycles. The number of halogens is 4. The smallest absolute Gasteiger partial charge is 0.267 e. The van der Waals surface area contributed by atoms with Crippen LogP contribution >= 0.6 is 22.6 Å². The van der Waals surface area contributed by atoms with E-state index in [4.69, 9.17) is 0 Å². The van der Waals surface area contributed by atoms with E-state index in [-0.39, 0.29) is 3.70 Å². The van der Waals surface area contributed by atoms with Gasteiger partial charge < -0.3 is 0 Å². The minimum absolute atomic E-state index is 0.0968. The summed E-state index contributed by atoms with van der Waals surface area (Å²) in [6.45, 7) is 0. The van der Waals surface area contributed by atoms with Crippen molar-refractivity contribution in [2.24, 2.45) is 0 Å². The van der Waals surface area contributed by atoms with Gasteiger partial charge in [0, 0.05) is 0 Å². The van der Waals surface area contributed by atoms with Crippen LogP contribution in [0.25, 0.3) is 0 Å². The largest absolute Gasteiger partial charge is 0.421 e. The minimum atomic E-state index is -4.61. The van der Waals surface area contributed by atoms with Crippen molar-refractivity contribution in [3.63, 3.8) is 0 Å². The second-order valence-corrected chi connectivity index (χ2v) is 3.04. The second kappa shape index (κ2) is 3.04. The van der Waals surface area contributed by atoms with Gasteiger partial charge in [0.25, 0.3) is 5.56 Å². The second-order valence-electron chi connectivity index (χ2n) is 1.93. The van der Waals surface area contributed by atoms with Gasteiger partial charge in [0.2, 0.25) is 0 Å². The van der Waals surface area contributed by atoms with Gasteiger partial charge in [0.1, 0.15) is 9.26 Å². The molecule has 0 aliphatic heterocycles. The summed E-state index contributed by atoms with van der Waals surface area (Å²) in [4.78, 5) is 10.6. The van der Waals surface area contributed by atoms with Gasteiger partial charge in [-0.05, 0) is 28.7 Å². The van der Waals surface area contributed by atoms with Gasteiger partial charge in [-0.15, -0.1) is 0 Å². The minimum Gasteiger partial charge on any atom is -0.267 e. The molecule has 12 heavy (non-hydrogen) atoms. The van der Waals surface area contributed by atoms with Crippen molar-refractivity contribution in [3.8, 4) is 0 Å². The Hall–Kier alpha value is -0.600. The summed E-state index contributed by atoms with van der Waals surface area (Å²) >= 11 is 1.58. The third-order valence-electron chi connectivity index (χ3n) is 1.08. The maximum atomic E-state index is 12.0. The molecule has 66 valence electrons. The number of nitrogens with zero attached hydrogens (tertiary/aromatic N) is 1. The van der Waals surface area contributed by atoms with E-state index in [0.29, 0.717) is 6.07 Å². The highest BCUT2D eigenvalue weighted by molar-refractivity contribution is 14.1. The SMILES string of the molecule is O=c1[nH]nc(I)cc1C(F)(F)F. The zero-order valence-electron chi connectivity index (χ0n) is 5.44. The lowest BCUT2D eigenvalue weighted by molar-refractivity contribution is -0.138. The zero-order valence-corrected chi connectivity index (χ0v) is 7.60. The third-order valence-corrected chi connectivity index (χ3v) is 1.63. The van der Waals surface area contributed by atoms with Crippen LogP contribution in [0, 0.1) is 3.70 Å². The Labute approximate surface area is 78.1 Å². The van der Waals surface area contributed by atoms with Crippen LogP contribution in [0.2, 0.25) is 0 Å². The van der Waals surface area contributed by atoms with Crippen molar-refractivity contribution >= 4 is 22.6 Å². The van der Waals surface area contributed by atoms with E-state index in [0.717, 1.165) is 0 Å². The molecule has 0 radical (unpaired) electrons. The molecule has 0 saturated carbocycles. The summed E-state index contributed by atoms with van der Waals surface area (Å²) in [7, 11) is 0. The Morgan fingerprint density at radius 3 is 2.50 bits per heavy atom. The van der Waals surface area contributed by atoms with Crippen LogP contribution in [0.5, 0.6) is 0 Å². The van der Waals surface area contributed by atoms with E-state index in [9.17, 15) is 18.0 Å². The van der Waals surface area contributed by atoms with Crippen LogP contribution in [-0.2, 0) is 6.18 Å². The van der Waals surface area contributed by atoms with E-state index in [1.807, 2.05) is 0 Å². The van der Waals surface area contributed by atoms with Gasteiger partial charge in [0.05, 0.1) is 0 Å².